The second kappa shape index (κ2) is 7.15. The summed E-state index contributed by atoms with van der Waals surface area (Å²) in [5, 5.41) is 3.23. The highest BCUT2D eigenvalue weighted by molar-refractivity contribution is 5.92. The second-order valence-electron chi connectivity index (χ2n) is 5.53. The Hall–Kier alpha value is -2.53. The Bertz CT molecular complexity index is 669. The number of carbonyl (C=O) groups is 1. The maximum Gasteiger partial charge on any atom is 0.338 e. The Morgan fingerprint density at radius 2 is 2.04 bits per heavy atom. The molecule has 1 saturated heterocycles. The Morgan fingerprint density at radius 3 is 2.74 bits per heavy atom. The van der Waals surface area contributed by atoms with Gasteiger partial charge in [-0.2, -0.15) is 0 Å². The highest BCUT2D eigenvalue weighted by Crippen LogP contribution is 2.22. The highest BCUT2D eigenvalue weighted by Gasteiger charge is 2.18. The minimum atomic E-state index is -0.364. The first-order valence-electron chi connectivity index (χ1n) is 7.68. The van der Waals surface area contributed by atoms with Gasteiger partial charge in [0.2, 0.25) is 0 Å². The molecule has 0 amide bonds. The zero-order valence-corrected chi connectivity index (χ0v) is 12.8. The number of nitrogen functional groups attached to an aromatic ring is 1. The molecule has 1 aliphatic heterocycles. The van der Waals surface area contributed by atoms with Crippen LogP contribution in [0.2, 0.25) is 0 Å². The third kappa shape index (κ3) is 4.02. The zero-order valence-electron chi connectivity index (χ0n) is 12.8. The molecule has 0 unspecified atom stereocenters. The number of hydrogen-bond donors (Lipinski definition) is 2. The Morgan fingerprint density at radius 1 is 1.26 bits per heavy atom. The molecule has 5 nitrogen and oxygen atoms in total. The molecule has 1 heterocycles. The molecule has 0 saturated carbocycles. The molecule has 1 atom stereocenters. The molecule has 2 aromatic rings. The number of esters is 1. The minimum absolute atomic E-state index is 0.225. The molecule has 0 spiro atoms. The van der Waals surface area contributed by atoms with Crippen molar-refractivity contribution in [2.75, 3.05) is 24.2 Å². The lowest BCUT2D eigenvalue weighted by Crippen LogP contribution is -2.33. The van der Waals surface area contributed by atoms with E-state index < -0.39 is 0 Å². The van der Waals surface area contributed by atoms with Crippen molar-refractivity contribution in [3.63, 3.8) is 0 Å². The van der Waals surface area contributed by atoms with Crippen LogP contribution in [-0.2, 0) is 16.1 Å². The van der Waals surface area contributed by atoms with E-state index >= 15 is 0 Å². The largest absolute Gasteiger partial charge is 0.457 e. The van der Waals surface area contributed by atoms with E-state index in [1.54, 1.807) is 18.2 Å². The fourth-order valence-electron chi connectivity index (χ4n) is 2.31. The summed E-state index contributed by atoms with van der Waals surface area (Å²) in [5.74, 6) is -0.364. The van der Waals surface area contributed by atoms with E-state index in [0.717, 1.165) is 24.3 Å². The van der Waals surface area contributed by atoms with Crippen molar-refractivity contribution in [2.45, 2.75) is 19.1 Å². The van der Waals surface area contributed by atoms with Gasteiger partial charge in [0.25, 0.3) is 0 Å². The van der Waals surface area contributed by atoms with Gasteiger partial charge in [-0.3, -0.25) is 0 Å². The van der Waals surface area contributed by atoms with Crippen molar-refractivity contribution >= 4 is 17.3 Å². The van der Waals surface area contributed by atoms with Crippen molar-refractivity contribution in [2.24, 2.45) is 0 Å². The molecule has 1 fully saturated rings. The number of nitrogens with one attached hydrogen (secondary N) is 1. The van der Waals surface area contributed by atoms with Gasteiger partial charge in [0.1, 0.15) is 6.61 Å². The summed E-state index contributed by atoms with van der Waals surface area (Å²) in [6.07, 6.45) is 1.27. The number of rotatable bonds is 6. The van der Waals surface area contributed by atoms with Crippen molar-refractivity contribution < 1.29 is 14.3 Å². The Kier molecular flexibility index (Phi) is 4.78. The van der Waals surface area contributed by atoms with Crippen molar-refractivity contribution in [3.8, 4) is 0 Å². The summed E-state index contributed by atoms with van der Waals surface area (Å²) in [6.45, 7) is 1.75. The van der Waals surface area contributed by atoms with Crippen molar-refractivity contribution in [1.82, 2.24) is 0 Å². The van der Waals surface area contributed by atoms with Crippen molar-refractivity contribution in [3.05, 3.63) is 59.7 Å². The average molecular weight is 312 g/mol. The molecule has 3 N–H and O–H groups in total. The van der Waals surface area contributed by atoms with Gasteiger partial charge < -0.3 is 20.5 Å². The normalized spacial score (nSPS) is 16.4. The van der Waals surface area contributed by atoms with Crippen LogP contribution in [0, 0.1) is 0 Å². The Balaban J connectivity index is 1.60. The molecule has 2 aromatic carbocycles. The lowest BCUT2D eigenvalue weighted by Gasteiger charge is -2.27. The van der Waals surface area contributed by atoms with E-state index in [2.05, 4.69) is 5.32 Å². The van der Waals surface area contributed by atoms with E-state index in [9.17, 15) is 4.79 Å². The number of carbonyl (C=O) groups excluding carboxylic acids is 1. The van der Waals surface area contributed by atoms with Crippen LogP contribution in [0.25, 0.3) is 0 Å². The van der Waals surface area contributed by atoms with Gasteiger partial charge >= 0.3 is 5.97 Å². The maximum atomic E-state index is 12.2. The summed E-state index contributed by atoms with van der Waals surface area (Å²) < 4.78 is 10.7. The van der Waals surface area contributed by atoms with E-state index in [1.807, 2.05) is 30.3 Å². The average Bonchev–Trinajstić information content (AvgIpc) is 2.54. The van der Waals surface area contributed by atoms with Crippen LogP contribution in [0.5, 0.6) is 0 Å². The molecule has 1 aliphatic rings. The molecular weight excluding hydrogens is 292 g/mol. The number of benzene rings is 2. The first-order chi connectivity index (χ1) is 11.2. The quantitative estimate of drug-likeness (QED) is 0.634. The van der Waals surface area contributed by atoms with E-state index in [1.165, 1.54) is 0 Å². The van der Waals surface area contributed by atoms with Gasteiger partial charge in [-0.15, -0.1) is 0 Å². The van der Waals surface area contributed by atoms with Crippen LogP contribution >= 0.6 is 0 Å². The first kappa shape index (κ1) is 15.4. The fraction of sp³-hybridized carbons (Fsp3) is 0.278. The monoisotopic (exact) mass is 312 g/mol. The van der Waals surface area contributed by atoms with Gasteiger partial charge in [-0.1, -0.05) is 30.3 Å². The SMILES string of the molecule is Nc1ccc(C(=O)OCc2ccccc2)cc1NC[C@@H]1CCO1. The number of anilines is 2. The van der Waals surface area contributed by atoms with Gasteiger partial charge in [-0.05, 0) is 30.2 Å². The molecular formula is C18H20N2O3. The molecule has 0 aliphatic carbocycles. The molecule has 0 bridgehead atoms. The summed E-state index contributed by atoms with van der Waals surface area (Å²) in [4.78, 5) is 12.2. The van der Waals surface area contributed by atoms with Crippen LogP contribution in [0.3, 0.4) is 0 Å². The van der Waals surface area contributed by atoms with Crippen LogP contribution < -0.4 is 11.1 Å². The van der Waals surface area contributed by atoms with Crippen LogP contribution in [0.15, 0.2) is 48.5 Å². The summed E-state index contributed by atoms with van der Waals surface area (Å²) >= 11 is 0. The summed E-state index contributed by atoms with van der Waals surface area (Å²) in [5.41, 5.74) is 8.71. The maximum absolute atomic E-state index is 12.2. The Labute approximate surface area is 135 Å². The lowest BCUT2D eigenvalue weighted by molar-refractivity contribution is -0.0410. The third-order valence-corrected chi connectivity index (χ3v) is 3.82. The van der Waals surface area contributed by atoms with Gasteiger partial charge in [0.05, 0.1) is 23.0 Å². The molecule has 120 valence electrons. The van der Waals surface area contributed by atoms with E-state index in [-0.39, 0.29) is 18.7 Å². The van der Waals surface area contributed by atoms with Crippen LogP contribution in [-0.4, -0.2) is 25.2 Å². The number of nitrogens with two attached hydrogens (primary N) is 1. The van der Waals surface area contributed by atoms with Crippen LogP contribution in [0.4, 0.5) is 11.4 Å². The van der Waals surface area contributed by atoms with Crippen LogP contribution in [0.1, 0.15) is 22.3 Å². The smallest absolute Gasteiger partial charge is 0.338 e. The van der Waals surface area contributed by atoms with Gasteiger partial charge in [0.15, 0.2) is 0 Å². The number of hydrogen-bond acceptors (Lipinski definition) is 5. The molecule has 0 radical (unpaired) electrons. The second-order valence-corrected chi connectivity index (χ2v) is 5.53. The molecule has 0 aromatic heterocycles. The lowest BCUT2D eigenvalue weighted by atomic mass is 10.1. The van der Waals surface area contributed by atoms with E-state index in [0.29, 0.717) is 17.8 Å². The summed E-state index contributed by atoms with van der Waals surface area (Å²) in [7, 11) is 0. The molecule has 3 rings (SSSR count). The first-order valence-corrected chi connectivity index (χ1v) is 7.68. The third-order valence-electron chi connectivity index (χ3n) is 3.82. The highest BCUT2D eigenvalue weighted by atomic mass is 16.5. The number of ether oxygens (including phenoxy) is 2. The fourth-order valence-corrected chi connectivity index (χ4v) is 2.31. The predicted molar refractivity (Wildman–Crippen MR) is 89.3 cm³/mol. The molecule has 5 heteroatoms. The zero-order chi connectivity index (χ0) is 16.1. The standard InChI is InChI=1S/C18H20N2O3/c19-16-7-6-14(10-17(16)20-11-15-8-9-22-15)18(21)23-12-13-4-2-1-3-5-13/h1-7,10,15,20H,8-9,11-12,19H2/t15-/m0/s1. The van der Waals surface area contributed by atoms with Crippen molar-refractivity contribution in [1.29, 1.82) is 0 Å². The minimum Gasteiger partial charge on any atom is -0.457 e. The topological polar surface area (TPSA) is 73.6 Å². The summed E-state index contributed by atoms with van der Waals surface area (Å²) in [6, 6.07) is 14.7. The predicted octanol–water partition coefficient (Wildman–Crippen LogP) is 2.83. The molecule has 23 heavy (non-hydrogen) atoms. The van der Waals surface area contributed by atoms with Gasteiger partial charge in [0, 0.05) is 13.2 Å². The van der Waals surface area contributed by atoms with E-state index in [4.69, 9.17) is 15.2 Å². The van der Waals surface area contributed by atoms with Gasteiger partial charge in [-0.25, -0.2) is 4.79 Å².